The maximum atomic E-state index is 13.4. The highest BCUT2D eigenvalue weighted by Gasteiger charge is 2.16. The number of thiazole rings is 1. The van der Waals surface area contributed by atoms with Gasteiger partial charge in [0.2, 0.25) is 5.82 Å². The van der Waals surface area contributed by atoms with Crippen molar-refractivity contribution < 1.29 is 14.1 Å². The van der Waals surface area contributed by atoms with Crippen LogP contribution in [0.4, 0.5) is 10.1 Å². The van der Waals surface area contributed by atoms with Crippen molar-refractivity contribution in [3.63, 3.8) is 0 Å². The van der Waals surface area contributed by atoms with Crippen LogP contribution in [0.15, 0.2) is 29.1 Å². The SMILES string of the molecule is O=C(NCCc1cscn1)c1ccc([N+](=O)[O-])c(F)c1. The molecule has 104 valence electrons. The van der Waals surface area contributed by atoms with E-state index < -0.39 is 22.3 Å². The molecule has 0 fully saturated rings. The number of amides is 1. The fourth-order valence-corrected chi connectivity index (χ4v) is 2.16. The normalized spacial score (nSPS) is 10.2. The van der Waals surface area contributed by atoms with Gasteiger partial charge in [0.1, 0.15) is 0 Å². The second kappa shape index (κ2) is 6.20. The number of halogens is 1. The van der Waals surface area contributed by atoms with E-state index in [1.807, 2.05) is 5.38 Å². The van der Waals surface area contributed by atoms with Crippen molar-refractivity contribution >= 4 is 22.9 Å². The average molecular weight is 295 g/mol. The molecule has 0 aliphatic rings. The molecule has 0 bridgehead atoms. The molecular weight excluding hydrogens is 285 g/mol. The predicted octanol–water partition coefficient (Wildman–Crippen LogP) is 2.16. The molecule has 0 saturated carbocycles. The third kappa shape index (κ3) is 3.35. The molecule has 1 amide bonds. The van der Waals surface area contributed by atoms with E-state index in [2.05, 4.69) is 10.3 Å². The number of rotatable bonds is 5. The summed E-state index contributed by atoms with van der Waals surface area (Å²) in [6, 6.07) is 3.06. The highest BCUT2D eigenvalue weighted by atomic mass is 32.1. The largest absolute Gasteiger partial charge is 0.352 e. The fraction of sp³-hybridized carbons (Fsp3) is 0.167. The van der Waals surface area contributed by atoms with Crippen molar-refractivity contribution in [1.82, 2.24) is 10.3 Å². The molecule has 0 spiro atoms. The standard InChI is InChI=1S/C12H10FN3O3S/c13-10-5-8(1-2-11(10)16(18)19)12(17)14-4-3-9-6-20-7-15-9/h1-2,5-7H,3-4H2,(H,14,17). The van der Waals surface area contributed by atoms with Gasteiger partial charge in [0.05, 0.1) is 16.1 Å². The van der Waals surface area contributed by atoms with Crippen LogP contribution in [-0.2, 0) is 6.42 Å². The average Bonchev–Trinajstić information content (AvgIpc) is 2.91. The van der Waals surface area contributed by atoms with Crippen molar-refractivity contribution in [2.24, 2.45) is 0 Å². The second-order valence-electron chi connectivity index (χ2n) is 3.91. The number of nitrogens with zero attached hydrogens (tertiary/aromatic N) is 2. The van der Waals surface area contributed by atoms with E-state index >= 15 is 0 Å². The van der Waals surface area contributed by atoms with Gasteiger partial charge in [-0.05, 0) is 12.1 Å². The fourth-order valence-electron chi connectivity index (χ4n) is 1.56. The van der Waals surface area contributed by atoms with Crippen LogP contribution in [-0.4, -0.2) is 22.4 Å². The van der Waals surface area contributed by atoms with E-state index in [-0.39, 0.29) is 5.56 Å². The molecule has 8 heteroatoms. The second-order valence-corrected chi connectivity index (χ2v) is 4.63. The summed E-state index contributed by atoms with van der Waals surface area (Å²) in [6.07, 6.45) is 0.574. The lowest BCUT2D eigenvalue weighted by Crippen LogP contribution is -2.25. The Kier molecular flexibility index (Phi) is 4.36. The molecule has 2 aromatic rings. The summed E-state index contributed by atoms with van der Waals surface area (Å²) in [5, 5.41) is 14.9. The Morgan fingerprint density at radius 2 is 2.30 bits per heavy atom. The van der Waals surface area contributed by atoms with Gasteiger partial charge in [-0.2, -0.15) is 4.39 Å². The zero-order valence-electron chi connectivity index (χ0n) is 10.2. The van der Waals surface area contributed by atoms with Gasteiger partial charge in [-0.3, -0.25) is 14.9 Å². The summed E-state index contributed by atoms with van der Waals surface area (Å²) in [7, 11) is 0. The minimum atomic E-state index is -1.03. The topological polar surface area (TPSA) is 85.1 Å². The summed E-state index contributed by atoms with van der Waals surface area (Å²) >= 11 is 1.46. The Morgan fingerprint density at radius 3 is 2.90 bits per heavy atom. The number of benzene rings is 1. The van der Waals surface area contributed by atoms with Gasteiger partial charge >= 0.3 is 5.69 Å². The van der Waals surface area contributed by atoms with Crippen LogP contribution >= 0.6 is 11.3 Å². The first-order chi connectivity index (χ1) is 9.58. The van der Waals surface area contributed by atoms with Crippen LogP contribution in [0.25, 0.3) is 0 Å². The Balaban J connectivity index is 1.95. The highest BCUT2D eigenvalue weighted by molar-refractivity contribution is 7.07. The maximum absolute atomic E-state index is 13.4. The third-order valence-electron chi connectivity index (χ3n) is 2.56. The molecule has 0 atom stereocenters. The Hall–Kier alpha value is -2.35. The molecule has 1 aromatic heterocycles. The van der Waals surface area contributed by atoms with Gasteiger partial charge in [-0.25, -0.2) is 4.98 Å². The summed E-state index contributed by atoms with van der Waals surface area (Å²) in [4.78, 5) is 25.4. The summed E-state index contributed by atoms with van der Waals surface area (Å²) in [5.74, 6) is -1.50. The quantitative estimate of drug-likeness (QED) is 0.676. The van der Waals surface area contributed by atoms with Crippen molar-refractivity contribution in [1.29, 1.82) is 0 Å². The zero-order valence-corrected chi connectivity index (χ0v) is 11.0. The predicted molar refractivity (Wildman–Crippen MR) is 71.2 cm³/mol. The van der Waals surface area contributed by atoms with Crippen LogP contribution in [0.3, 0.4) is 0 Å². The van der Waals surface area contributed by atoms with Crippen molar-refractivity contribution in [3.8, 4) is 0 Å². The molecular formula is C12H10FN3O3S. The van der Waals surface area contributed by atoms with Crippen LogP contribution in [0.5, 0.6) is 0 Å². The molecule has 0 aliphatic carbocycles. The van der Waals surface area contributed by atoms with Crippen LogP contribution in [0.2, 0.25) is 0 Å². The molecule has 0 unspecified atom stereocenters. The Labute approximate surface area is 117 Å². The van der Waals surface area contributed by atoms with Crippen LogP contribution in [0.1, 0.15) is 16.1 Å². The highest BCUT2D eigenvalue weighted by Crippen LogP contribution is 2.17. The first kappa shape index (κ1) is 14.1. The van der Waals surface area contributed by atoms with Gasteiger partial charge < -0.3 is 5.32 Å². The van der Waals surface area contributed by atoms with E-state index in [1.165, 1.54) is 17.4 Å². The number of carbonyl (C=O) groups is 1. The minimum absolute atomic E-state index is 0.0476. The van der Waals surface area contributed by atoms with E-state index in [4.69, 9.17) is 0 Å². The molecule has 1 N–H and O–H groups in total. The van der Waals surface area contributed by atoms with Gasteiger partial charge in [0, 0.05) is 30.0 Å². The summed E-state index contributed by atoms with van der Waals surface area (Å²) in [6.45, 7) is 0.362. The van der Waals surface area contributed by atoms with Gasteiger partial charge in [0.15, 0.2) is 0 Å². The van der Waals surface area contributed by atoms with Crippen molar-refractivity contribution in [2.45, 2.75) is 6.42 Å². The maximum Gasteiger partial charge on any atom is 0.304 e. The monoisotopic (exact) mass is 295 g/mol. The van der Waals surface area contributed by atoms with E-state index in [0.717, 1.165) is 17.8 Å². The van der Waals surface area contributed by atoms with Gasteiger partial charge in [-0.15, -0.1) is 11.3 Å². The van der Waals surface area contributed by atoms with E-state index in [9.17, 15) is 19.3 Å². The first-order valence-electron chi connectivity index (χ1n) is 5.67. The lowest BCUT2D eigenvalue weighted by Gasteiger charge is -2.04. The number of nitro benzene ring substituents is 1. The number of carbonyl (C=O) groups excluding carboxylic acids is 1. The molecule has 0 saturated heterocycles. The number of nitrogens with one attached hydrogen (secondary N) is 1. The molecule has 2 rings (SSSR count). The lowest BCUT2D eigenvalue weighted by atomic mass is 10.2. The van der Waals surface area contributed by atoms with Crippen molar-refractivity contribution in [2.75, 3.05) is 6.54 Å². The Morgan fingerprint density at radius 1 is 1.50 bits per heavy atom. The number of hydrogen-bond acceptors (Lipinski definition) is 5. The molecule has 1 aromatic carbocycles. The van der Waals surface area contributed by atoms with Crippen LogP contribution < -0.4 is 5.32 Å². The third-order valence-corrected chi connectivity index (χ3v) is 3.19. The van der Waals surface area contributed by atoms with Gasteiger partial charge in [0.25, 0.3) is 5.91 Å². The van der Waals surface area contributed by atoms with E-state index in [0.29, 0.717) is 13.0 Å². The molecule has 0 radical (unpaired) electrons. The number of aromatic nitrogens is 1. The molecule has 1 heterocycles. The lowest BCUT2D eigenvalue weighted by molar-refractivity contribution is -0.387. The van der Waals surface area contributed by atoms with E-state index in [1.54, 1.807) is 5.51 Å². The Bertz CT molecular complexity index is 631. The molecule has 20 heavy (non-hydrogen) atoms. The van der Waals surface area contributed by atoms with Gasteiger partial charge in [-0.1, -0.05) is 0 Å². The molecule has 6 nitrogen and oxygen atoms in total. The summed E-state index contributed by atoms with van der Waals surface area (Å²) < 4.78 is 13.4. The zero-order chi connectivity index (χ0) is 14.5. The number of hydrogen-bond donors (Lipinski definition) is 1. The van der Waals surface area contributed by atoms with Crippen LogP contribution in [0, 0.1) is 15.9 Å². The number of nitro groups is 1. The first-order valence-corrected chi connectivity index (χ1v) is 6.61. The van der Waals surface area contributed by atoms with Crippen molar-refractivity contribution in [3.05, 3.63) is 56.3 Å². The summed E-state index contributed by atoms with van der Waals surface area (Å²) in [5.41, 5.74) is 1.96. The minimum Gasteiger partial charge on any atom is -0.352 e. The smallest absolute Gasteiger partial charge is 0.304 e. The molecule has 0 aliphatic heterocycles.